The summed E-state index contributed by atoms with van der Waals surface area (Å²) in [6, 6.07) is 3.37. The lowest BCUT2D eigenvalue weighted by Crippen LogP contribution is -1.93. The molecule has 0 aliphatic rings. The molecule has 0 unspecified atom stereocenters. The van der Waals surface area contributed by atoms with Crippen molar-refractivity contribution in [2.24, 2.45) is 0 Å². The molecule has 0 aliphatic carbocycles. The van der Waals surface area contributed by atoms with Crippen LogP contribution in [-0.4, -0.2) is 42.8 Å². The van der Waals surface area contributed by atoms with Crippen LogP contribution >= 0.6 is 0 Å². The van der Waals surface area contributed by atoms with Crippen LogP contribution in [0.1, 0.15) is 20.7 Å². The lowest BCUT2D eigenvalue weighted by molar-refractivity contribution is -0.386. The van der Waals surface area contributed by atoms with Crippen LogP contribution in [0.15, 0.2) is 24.3 Å². The number of nitro benzene ring substituents is 2. The second kappa shape index (κ2) is 8.05. The SMILES string of the molecule is O=Cc1cc(O)c(O)c([N+](=O)[O-])c1.O=Cc1cc(O)c(O)cc1[N+](=O)[O-]. The molecular formula is C14H10N2O10. The van der Waals surface area contributed by atoms with Crippen molar-refractivity contribution in [3.63, 3.8) is 0 Å². The fourth-order valence-corrected chi connectivity index (χ4v) is 1.67. The number of nitrogens with zero attached hydrogens (tertiary/aromatic N) is 2. The number of rotatable bonds is 4. The zero-order valence-electron chi connectivity index (χ0n) is 12.6. The number of aldehydes is 2. The predicted octanol–water partition coefficient (Wildman–Crippen LogP) is 1.64. The van der Waals surface area contributed by atoms with Crippen molar-refractivity contribution < 1.29 is 39.9 Å². The minimum atomic E-state index is -0.887. The molecule has 0 saturated heterocycles. The number of phenolic OH excluding ortho intramolecular Hbond substituents is 4. The Hall–Kier alpha value is -4.22. The van der Waals surface area contributed by atoms with Crippen molar-refractivity contribution in [2.75, 3.05) is 0 Å². The molecule has 26 heavy (non-hydrogen) atoms. The Morgan fingerprint density at radius 1 is 0.731 bits per heavy atom. The largest absolute Gasteiger partial charge is 0.504 e. The lowest BCUT2D eigenvalue weighted by atomic mass is 10.2. The molecule has 136 valence electrons. The highest BCUT2D eigenvalue weighted by atomic mass is 16.6. The van der Waals surface area contributed by atoms with Crippen LogP contribution in [0.5, 0.6) is 23.0 Å². The van der Waals surface area contributed by atoms with Gasteiger partial charge in [0.25, 0.3) is 5.69 Å². The van der Waals surface area contributed by atoms with Gasteiger partial charge in [-0.1, -0.05) is 0 Å². The molecule has 0 fully saturated rings. The van der Waals surface area contributed by atoms with Crippen molar-refractivity contribution in [1.29, 1.82) is 0 Å². The Labute approximate surface area is 143 Å². The molecule has 12 heteroatoms. The number of phenols is 4. The average molecular weight is 366 g/mol. The zero-order chi connectivity index (χ0) is 20.0. The maximum absolute atomic E-state index is 10.3. The van der Waals surface area contributed by atoms with Crippen molar-refractivity contribution in [3.05, 3.63) is 55.6 Å². The summed E-state index contributed by atoms with van der Waals surface area (Å²) < 4.78 is 0. The predicted molar refractivity (Wildman–Crippen MR) is 83.6 cm³/mol. The summed E-state index contributed by atoms with van der Waals surface area (Å²) in [6.45, 7) is 0. The Morgan fingerprint density at radius 3 is 1.73 bits per heavy atom. The van der Waals surface area contributed by atoms with Crippen molar-refractivity contribution >= 4 is 23.9 Å². The van der Waals surface area contributed by atoms with E-state index >= 15 is 0 Å². The van der Waals surface area contributed by atoms with E-state index in [-0.39, 0.29) is 17.4 Å². The zero-order valence-corrected chi connectivity index (χ0v) is 12.6. The van der Waals surface area contributed by atoms with E-state index in [0.717, 1.165) is 24.3 Å². The van der Waals surface area contributed by atoms with Gasteiger partial charge in [0.1, 0.15) is 6.29 Å². The average Bonchev–Trinajstić information content (AvgIpc) is 2.59. The third-order valence-electron chi connectivity index (χ3n) is 2.87. The highest BCUT2D eigenvalue weighted by Crippen LogP contribution is 2.35. The van der Waals surface area contributed by atoms with Crippen LogP contribution in [0, 0.1) is 20.2 Å². The Kier molecular flexibility index (Phi) is 6.14. The molecule has 0 atom stereocenters. The first kappa shape index (κ1) is 19.8. The standard InChI is InChI=1S/2C7H5NO5/c9-3-4-1-6(10)7(11)2-5(4)8(12)13;9-3-4-1-5(8(12)13)7(11)6(10)2-4/h2*1-3,10-11H. The van der Waals surface area contributed by atoms with Crippen LogP contribution < -0.4 is 0 Å². The maximum Gasteiger partial charge on any atom is 0.315 e. The van der Waals surface area contributed by atoms with Crippen LogP contribution in [0.2, 0.25) is 0 Å². The molecule has 4 N–H and O–H groups in total. The normalized spacial score (nSPS) is 9.54. The fraction of sp³-hybridized carbons (Fsp3) is 0. The highest BCUT2D eigenvalue weighted by molar-refractivity contribution is 5.83. The Bertz CT molecular complexity index is 894. The summed E-state index contributed by atoms with van der Waals surface area (Å²) in [6.07, 6.45) is 0.573. The quantitative estimate of drug-likeness (QED) is 0.266. The molecule has 2 aromatic carbocycles. The third-order valence-corrected chi connectivity index (χ3v) is 2.87. The summed E-state index contributed by atoms with van der Waals surface area (Å²) in [4.78, 5) is 39.4. The van der Waals surface area contributed by atoms with E-state index in [9.17, 15) is 29.8 Å². The third kappa shape index (κ3) is 4.41. The van der Waals surface area contributed by atoms with Crippen molar-refractivity contribution in [1.82, 2.24) is 0 Å². The van der Waals surface area contributed by atoms with E-state index in [4.69, 9.17) is 20.4 Å². The van der Waals surface area contributed by atoms with E-state index in [0.29, 0.717) is 6.29 Å². The van der Waals surface area contributed by atoms with E-state index in [1.165, 1.54) is 0 Å². The van der Waals surface area contributed by atoms with Gasteiger partial charge < -0.3 is 20.4 Å². The van der Waals surface area contributed by atoms with Crippen LogP contribution in [-0.2, 0) is 0 Å². The first-order chi connectivity index (χ1) is 12.1. The highest BCUT2D eigenvalue weighted by Gasteiger charge is 2.18. The van der Waals surface area contributed by atoms with E-state index in [2.05, 4.69) is 0 Å². The molecule has 0 spiro atoms. The van der Waals surface area contributed by atoms with Crippen LogP contribution in [0.4, 0.5) is 11.4 Å². The van der Waals surface area contributed by atoms with Gasteiger partial charge in [-0.2, -0.15) is 0 Å². The Balaban J connectivity index is 0.000000260. The van der Waals surface area contributed by atoms with Gasteiger partial charge in [-0.05, 0) is 6.07 Å². The van der Waals surface area contributed by atoms with Gasteiger partial charge >= 0.3 is 5.69 Å². The molecule has 2 aromatic rings. The first-order valence-corrected chi connectivity index (χ1v) is 6.43. The van der Waals surface area contributed by atoms with E-state index in [1.807, 2.05) is 0 Å². The van der Waals surface area contributed by atoms with Gasteiger partial charge in [0.15, 0.2) is 23.5 Å². The maximum atomic E-state index is 10.3. The second-order valence-electron chi connectivity index (χ2n) is 4.56. The number of hydrogen-bond acceptors (Lipinski definition) is 10. The minimum absolute atomic E-state index is 0.0676. The summed E-state index contributed by atoms with van der Waals surface area (Å²) in [7, 11) is 0. The van der Waals surface area contributed by atoms with Gasteiger partial charge in [-0.25, -0.2) is 0 Å². The van der Waals surface area contributed by atoms with Crippen LogP contribution in [0.3, 0.4) is 0 Å². The molecule has 0 saturated carbocycles. The summed E-state index contributed by atoms with van der Waals surface area (Å²) in [5.74, 6) is -2.71. The van der Waals surface area contributed by atoms with Gasteiger partial charge in [0.05, 0.1) is 21.5 Å². The van der Waals surface area contributed by atoms with E-state index in [1.54, 1.807) is 0 Å². The number of nitro groups is 2. The summed E-state index contributed by atoms with van der Waals surface area (Å²) in [5, 5.41) is 56.3. The lowest BCUT2D eigenvalue weighted by Gasteiger charge is -1.99. The summed E-state index contributed by atoms with van der Waals surface area (Å²) in [5.41, 5.74) is -1.57. The fourth-order valence-electron chi connectivity index (χ4n) is 1.67. The smallest absolute Gasteiger partial charge is 0.315 e. The topological polar surface area (TPSA) is 201 Å². The Morgan fingerprint density at radius 2 is 1.27 bits per heavy atom. The van der Waals surface area contributed by atoms with Gasteiger partial charge in [-0.3, -0.25) is 29.8 Å². The molecule has 0 amide bonds. The molecule has 0 aromatic heterocycles. The number of carbonyl (C=O) groups excluding carboxylic acids is 2. The van der Waals surface area contributed by atoms with Gasteiger partial charge in [0, 0.05) is 17.7 Å². The molecule has 0 radical (unpaired) electrons. The van der Waals surface area contributed by atoms with Crippen molar-refractivity contribution in [2.45, 2.75) is 0 Å². The van der Waals surface area contributed by atoms with Gasteiger partial charge in [-0.15, -0.1) is 0 Å². The first-order valence-electron chi connectivity index (χ1n) is 6.43. The molecule has 12 nitrogen and oxygen atoms in total. The molecule has 0 bridgehead atoms. The number of hydrogen-bond donors (Lipinski definition) is 4. The van der Waals surface area contributed by atoms with Crippen molar-refractivity contribution in [3.8, 4) is 23.0 Å². The van der Waals surface area contributed by atoms with Gasteiger partial charge in [0.2, 0.25) is 5.75 Å². The minimum Gasteiger partial charge on any atom is -0.504 e. The molecule has 2 rings (SSSR count). The monoisotopic (exact) mass is 366 g/mol. The second-order valence-corrected chi connectivity index (χ2v) is 4.56. The molecule has 0 aliphatic heterocycles. The number of aromatic hydroxyl groups is 4. The van der Waals surface area contributed by atoms with E-state index < -0.39 is 44.2 Å². The molecule has 0 heterocycles. The number of carbonyl (C=O) groups is 2. The molecular weight excluding hydrogens is 356 g/mol. The summed E-state index contributed by atoms with van der Waals surface area (Å²) >= 11 is 0. The van der Waals surface area contributed by atoms with Crippen LogP contribution in [0.25, 0.3) is 0 Å². The number of benzene rings is 2.